The molecule has 0 bridgehead atoms. The van der Waals surface area contributed by atoms with Crippen molar-refractivity contribution in [1.82, 2.24) is 9.88 Å². The summed E-state index contributed by atoms with van der Waals surface area (Å²) in [5.74, 6) is 0.183. The smallest absolute Gasteiger partial charge is 0.222 e. The van der Waals surface area contributed by atoms with E-state index in [1.807, 2.05) is 25.2 Å². The van der Waals surface area contributed by atoms with Crippen LogP contribution in [0, 0.1) is 5.41 Å². The molecule has 4 nitrogen and oxygen atoms in total. The number of hydrogen-bond donors (Lipinski definition) is 1. The lowest BCUT2D eigenvalue weighted by Gasteiger charge is -2.29. The van der Waals surface area contributed by atoms with Gasteiger partial charge in [0.25, 0.3) is 0 Å². The molecule has 0 atom stereocenters. The lowest BCUT2D eigenvalue weighted by molar-refractivity contribution is -0.131. The van der Waals surface area contributed by atoms with Gasteiger partial charge in [-0.15, -0.1) is 36.2 Å². The quantitative estimate of drug-likeness (QED) is 0.777. The Kier molecular flexibility index (Phi) is 9.81. The summed E-state index contributed by atoms with van der Waals surface area (Å²) < 4.78 is 1.21. The second-order valence-corrected chi connectivity index (χ2v) is 7.66. The van der Waals surface area contributed by atoms with Gasteiger partial charge in [0.05, 0.1) is 15.2 Å². The molecule has 2 aromatic rings. The van der Waals surface area contributed by atoms with Crippen LogP contribution >= 0.6 is 36.2 Å². The van der Waals surface area contributed by atoms with Crippen molar-refractivity contribution in [3.05, 3.63) is 29.3 Å². The number of carbonyl (C=O) groups excluding carboxylic acids is 1. The average Bonchev–Trinajstić information content (AvgIpc) is 2.89. The van der Waals surface area contributed by atoms with Crippen LogP contribution in [0.15, 0.2) is 24.3 Å². The Balaban J connectivity index is 0.00000264. The Bertz CT molecular complexity index is 613. The average molecular weight is 392 g/mol. The zero-order valence-electron chi connectivity index (χ0n) is 14.4. The van der Waals surface area contributed by atoms with Crippen molar-refractivity contribution >= 4 is 52.3 Å². The van der Waals surface area contributed by atoms with Gasteiger partial charge in [0.1, 0.15) is 0 Å². The lowest BCUT2D eigenvalue weighted by Crippen LogP contribution is -2.39. The highest BCUT2D eigenvalue weighted by atomic mass is 35.5. The molecule has 0 radical (unpaired) electrons. The molecule has 2 rings (SSSR count). The third-order valence-electron chi connectivity index (χ3n) is 3.76. The topological polar surface area (TPSA) is 59.2 Å². The number of nitrogens with zero attached hydrogens (tertiary/aromatic N) is 2. The summed E-state index contributed by atoms with van der Waals surface area (Å²) in [6.45, 7) is 5.44. The van der Waals surface area contributed by atoms with E-state index in [4.69, 9.17) is 5.73 Å². The predicted octanol–water partition coefficient (Wildman–Crippen LogP) is 3.91. The molecular formula is C17H27Cl2N3OS. The first-order valence-electron chi connectivity index (χ1n) is 7.70. The molecule has 0 spiro atoms. The Morgan fingerprint density at radius 2 is 1.96 bits per heavy atom. The number of rotatable bonds is 7. The van der Waals surface area contributed by atoms with E-state index in [2.05, 4.69) is 24.9 Å². The van der Waals surface area contributed by atoms with Gasteiger partial charge in [-0.1, -0.05) is 26.0 Å². The first kappa shape index (κ1) is 23.1. The molecule has 0 saturated carbocycles. The molecule has 0 aliphatic carbocycles. The van der Waals surface area contributed by atoms with Gasteiger partial charge in [-0.05, 0) is 36.9 Å². The Labute approximate surface area is 160 Å². The van der Waals surface area contributed by atoms with E-state index in [-0.39, 0.29) is 36.1 Å². The third kappa shape index (κ3) is 6.55. The highest BCUT2D eigenvalue weighted by Gasteiger charge is 2.20. The van der Waals surface area contributed by atoms with E-state index < -0.39 is 0 Å². The van der Waals surface area contributed by atoms with Crippen molar-refractivity contribution in [1.29, 1.82) is 0 Å². The minimum Gasteiger partial charge on any atom is -0.345 e. The molecular weight excluding hydrogens is 365 g/mol. The molecule has 0 aliphatic rings. The summed E-state index contributed by atoms with van der Waals surface area (Å²) in [4.78, 5) is 18.6. The molecule has 0 fully saturated rings. The van der Waals surface area contributed by atoms with Crippen LogP contribution in [0.4, 0.5) is 0 Å². The number of halogens is 2. The highest BCUT2D eigenvalue weighted by Crippen LogP contribution is 2.23. The number of fused-ring (bicyclic) bond motifs is 1. The van der Waals surface area contributed by atoms with Crippen LogP contribution in [0.2, 0.25) is 0 Å². The predicted molar refractivity (Wildman–Crippen MR) is 108 cm³/mol. The fourth-order valence-electron chi connectivity index (χ4n) is 2.40. The number of carbonyl (C=O) groups is 1. The highest BCUT2D eigenvalue weighted by molar-refractivity contribution is 7.18. The van der Waals surface area contributed by atoms with Crippen molar-refractivity contribution in [2.45, 2.75) is 33.1 Å². The molecule has 1 aromatic heterocycles. The third-order valence-corrected chi connectivity index (χ3v) is 4.86. The van der Waals surface area contributed by atoms with Gasteiger partial charge >= 0.3 is 0 Å². The van der Waals surface area contributed by atoms with Crippen molar-refractivity contribution < 1.29 is 4.79 Å². The lowest BCUT2D eigenvalue weighted by atomic mass is 9.93. The van der Waals surface area contributed by atoms with Gasteiger partial charge in [0, 0.05) is 20.0 Å². The zero-order valence-corrected chi connectivity index (χ0v) is 16.9. The number of hydrogen-bond acceptors (Lipinski definition) is 4. The summed E-state index contributed by atoms with van der Waals surface area (Å²) in [7, 11) is 1.86. The molecule has 1 aromatic carbocycles. The number of para-hydroxylation sites is 1. The van der Waals surface area contributed by atoms with Crippen LogP contribution < -0.4 is 5.73 Å². The van der Waals surface area contributed by atoms with Crippen LogP contribution in [0.25, 0.3) is 10.2 Å². The van der Waals surface area contributed by atoms with Crippen LogP contribution in [0.1, 0.15) is 31.7 Å². The van der Waals surface area contributed by atoms with Crippen molar-refractivity contribution in [2.75, 3.05) is 20.1 Å². The van der Waals surface area contributed by atoms with Gasteiger partial charge in [0.2, 0.25) is 5.91 Å². The van der Waals surface area contributed by atoms with Crippen LogP contribution in [0.3, 0.4) is 0 Å². The summed E-state index contributed by atoms with van der Waals surface area (Å²) >= 11 is 1.72. The second-order valence-electron chi connectivity index (χ2n) is 6.55. The van der Waals surface area contributed by atoms with E-state index in [9.17, 15) is 4.79 Å². The summed E-state index contributed by atoms with van der Waals surface area (Å²) in [6, 6.07) is 8.15. The molecule has 0 aliphatic heterocycles. The molecule has 136 valence electrons. The second kappa shape index (κ2) is 10.2. The maximum Gasteiger partial charge on any atom is 0.222 e. The first-order chi connectivity index (χ1) is 10.4. The molecule has 0 unspecified atom stereocenters. The minimum atomic E-state index is -0.0303. The van der Waals surface area contributed by atoms with Crippen molar-refractivity contribution in [2.24, 2.45) is 11.1 Å². The Hall–Kier alpha value is -0.880. The SMILES string of the molecule is CN(CC(C)(C)CN)C(=O)CCCc1nc2ccccc2s1.Cl.Cl. The Morgan fingerprint density at radius 1 is 1.29 bits per heavy atom. The standard InChI is InChI=1S/C17H25N3OS.2ClH/c1-17(2,11-18)12-20(3)16(21)10-6-9-15-19-13-7-4-5-8-14(13)22-15;;/h4-5,7-8H,6,9-12,18H2,1-3H3;2*1H. The number of nitrogens with two attached hydrogens (primary N) is 1. The minimum absolute atomic E-state index is 0. The Morgan fingerprint density at radius 3 is 2.58 bits per heavy atom. The maximum atomic E-state index is 12.2. The van der Waals surface area contributed by atoms with E-state index in [0.29, 0.717) is 19.5 Å². The normalized spacial score (nSPS) is 10.8. The molecule has 1 heterocycles. The van der Waals surface area contributed by atoms with Crippen molar-refractivity contribution in [3.63, 3.8) is 0 Å². The zero-order chi connectivity index (χ0) is 16.2. The summed E-state index contributed by atoms with van der Waals surface area (Å²) in [5, 5.41) is 1.11. The number of thiazole rings is 1. The molecule has 1 amide bonds. The van der Waals surface area contributed by atoms with Gasteiger partial charge in [-0.2, -0.15) is 0 Å². The van der Waals surface area contributed by atoms with Crippen molar-refractivity contribution in [3.8, 4) is 0 Å². The first-order valence-corrected chi connectivity index (χ1v) is 8.51. The van der Waals surface area contributed by atoms with E-state index in [0.717, 1.165) is 23.4 Å². The number of benzene rings is 1. The summed E-state index contributed by atoms with van der Waals surface area (Å²) in [6.07, 6.45) is 2.26. The largest absolute Gasteiger partial charge is 0.345 e. The van der Waals surface area contributed by atoms with E-state index in [1.54, 1.807) is 16.2 Å². The molecule has 7 heteroatoms. The van der Waals surface area contributed by atoms with Gasteiger partial charge in [-0.3, -0.25) is 4.79 Å². The molecule has 0 saturated heterocycles. The van der Waals surface area contributed by atoms with Crippen LogP contribution in [0.5, 0.6) is 0 Å². The maximum absolute atomic E-state index is 12.2. The van der Waals surface area contributed by atoms with E-state index >= 15 is 0 Å². The fourth-order valence-corrected chi connectivity index (χ4v) is 3.41. The monoisotopic (exact) mass is 391 g/mol. The number of amides is 1. The van der Waals surface area contributed by atoms with Crippen LogP contribution in [-0.2, 0) is 11.2 Å². The van der Waals surface area contributed by atoms with Crippen LogP contribution in [-0.4, -0.2) is 35.9 Å². The van der Waals surface area contributed by atoms with Gasteiger partial charge in [-0.25, -0.2) is 4.98 Å². The summed E-state index contributed by atoms with van der Waals surface area (Å²) in [5.41, 5.74) is 6.74. The fraction of sp³-hybridized carbons (Fsp3) is 0.529. The molecule has 24 heavy (non-hydrogen) atoms. The van der Waals surface area contributed by atoms with Gasteiger partial charge < -0.3 is 10.6 Å². The van der Waals surface area contributed by atoms with Gasteiger partial charge in [0.15, 0.2) is 0 Å². The molecule has 2 N–H and O–H groups in total. The number of aryl methyl sites for hydroxylation is 1. The van der Waals surface area contributed by atoms with E-state index in [1.165, 1.54) is 4.70 Å². The number of aromatic nitrogens is 1.